The van der Waals surface area contributed by atoms with Crippen molar-refractivity contribution in [2.24, 2.45) is 0 Å². The Morgan fingerprint density at radius 2 is 2.16 bits per heavy atom. The number of carbonyl (C=O) groups is 1. The van der Waals surface area contributed by atoms with Gasteiger partial charge >= 0.3 is 0 Å². The van der Waals surface area contributed by atoms with Gasteiger partial charge in [-0.1, -0.05) is 12.1 Å². The molecule has 0 unspecified atom stereocenters. The summed E-state index contributed by atoms with van der Waals surface area (Å²) in [5.74, 6) is -0.364. The van der Waals surface area contributed by atoms with Crippen LogP contribution in [0.25, 0.3) is 0 Å². The fraction of sp³-hybridized carbons (Fsp3) is 0.214. The summed E-state index contributed by atoms with van der Waals surface area (Å²) < 4.78 is 0. The maximum Gasteiger partial charge on any atom is 0.257 e. The molecule has 0 fully saturated rings. The minimum absolute atomic E-state index is 0.143. The Morgan fingerprint density at radius 3 is 2.84 bits per heavy atom. The molecule has 0 bridgehead atoms. The van der Waals surface area contributed by atoms with E-state index in [1.807, 2.05) is 17.5 Å². The second kappa shape index (κ2) is 5.75. The third-order valence-corrected chi connectivity index (χ3v) is 3.85. The lowest BCUT2D eigenvalue weighted by atomic mass is 10.1. The Morgan fingerprint density at radius 1 is 1.37 bits per heavy atom. The van der Waals surface area contributed by atoms with E-state index in [1.165, 1.54) is 4.88 Å². The molecule has 1 heterocycles. The largest absolute Gasteiger partial charge is 0.505 e. The number of benzene rings is 1. The number of nitrogens with two attached hydrogens (primary N) is 1. The number of likely N-dealkylation sites (N-methyl/N-ethyl adjacent to an activating group) is 1. The fourth-order valence-electron chi connectivity index (χ4n) is 1.77. The molecule has 0 saturated carbocycles. The summed E-state index contributed by atoms with van der Waals surface area (Å²) in [7, 11) is 1.72. The van der Waals surface area contributed by atoms with Gasteiger partial charge in [0.2, 0.25) is 0 Å². The van der Waals surface area contributed by atoms with Gasteiger partial charge in [0.25, 0.3) is 5.91 Å². The van der Waals surface area contributed by atoms with Crippen molar-refractivity contribution in [2.75, 3.05) is 19.3 Å². The zero-order valence-corrected chi connectivity index (χ0v) is 11.5. The highest BCUT2D eigenvalue weighted by atomic mass is 32.1. The van der Waals surface area contributed by atoms with Crippen molar-refractivity contribution in [3.8, 4) is 5.75 Å². The van der Waals surface area contributed by atoms with Gasteiger partial charge in [0.1, 0.15) is 0 Å². The van der Waals surface area contributed by atoms with Crippen LogP contribution in [-0.4, -0.2) is 29.5 Å². The summed E-state index contributed by atoms with van der Waals surface area (Å²) in [4.78, 5) is 15.0. The molecule has 2 rings (SSSR count). The molecule has 100 valence electrons. The lowest BCUT2D eigenvalue weighted by Crippen LogP contribution is -2.28. The molecular formula is C14H16N2O2S. The SMILES string of the molecule is CN(CCc1cccs1)C(=O)c1cccc(N)c1O. The highest BCUT2D eigenvalue weighted by Crippen LogP contribution is 2.25. The zero-order valence-electron chi connectivity index (χ0n) is 10.7. The summed E-state index contributed by atoms with van der Waals surface area (Å²) in [6, 6.07) is 8.84. The Labute approximate surface area is 116 Å². The van der Waals surface area contributed by atoms with Crippen molar-refractivity contribution < 1.29 is 9.90 Å². The smallest absolute Gasteiger partial charge is 0.257 e. The van der Waals surface area contributed by atoms with Crippen LogP contribution in [0.1, 0.15) is 15.2 Å². The van der Waals surface area contributed by atoms with Crippen molar-refractivity contribution >= 4 is 22.9 Å². The van der Waals surface area contributed by atoms with Crippen LogP contribution in [0.3, 0.4) is 0 Å². The van der Waals surface area contributed by atoms with E-state index in [-0.39, 0.29) is 22.9 Å². The van der Waals surface area contributed by atoms with Gasteiger partial charge in [0, 0.05) is 18.5 Å². The highest BCUT2D eigenvalue weighted by molar-refractivity contribution is 7.09. The number of thiophene rings is 1. The van der Waals surface area contributed by atoms with Crippen LogP contribution in [0.2, 0.25) is 0 Å². The number of anilines is 1. The van der Waals surface area contributed by atoms with E-state index in [0.29, 0.717) is 6.54 Å². The van der Waals surface area contributed by atoms with Gasteiger partial charge in [-0.2, -0.15) is 0 Å². The van der Waals surface area contributed by atoms with Crippen LogP contribution in [0, 0.1) is 0 Å². The molecule has 3 N–H and O–H groups in total. The molecule has 0 aliphatic rings. The van der Waals surface area contributed by atoms with E-state index in [1.54, 1.807) is 41.5 Å². The van der Waals surface area contributed by atoms with Crippen molar-refractivity contribution in [3.63, 3.8) is 0 Å². The Bertz CT molecular complexity index is 567. The van der Waals surface area contributed by atoms with Crippen molar-refractivity contribution in [1.29, 1.82) is 0 Å². The summed E-state index contributed by atoms with van der Waals surface area (Å²) in [6.07, 6.45) is 0.809. The topological polar surface area (TPSA) is 66.6 Å². The van der Waals surface area contributed by atoms with Crippen LogP contribution in [0.4, 0.5) is 5.69 Å². The summed E-state index contributed by atoms with van der Waals surface area (Å²) in [5, 5.41) is 11.8. The molecule has 2 aromatic rings. The quantitative estimate of drug-likeness (QED) is 0.665. The van der Waals surface area contributed by atoms with E-state index in [2.05, 4.69) is 0 Å². The van der Waals surface area contributed by atoms with Gasteiger partial charge in [-0.3, -0.25) is 4.79 Å². The molecular weight excluding hydrogens is 260 g/mol. The lowest BCUT2D eigenvalue weighted by Gasteiger charge is -2.17. The van der Waals surface area contributed by atoms with E-state index >= 15 is 0 Å². The van der Waals surface area contributed by atoms with Gasteiger partial charge in [0.15, 0.2) is 5.75 Å². The number of rotatable bonds is 4. The third kappa shape index (κ3) is 3.06. The normalized spacial score (nSPS) is 10.4. The van der Waals surface area contributed by atoms with E-state index in [4.69, 9.17) is 5.73 Å². The molecule has 1 aromatic carbocycles. The zero-order chi connectivity index (χ0) is 13.8. The first kappa shape index (κ1) is 13.4. The number of carbonyl (C=O) groups excluding carboxylic acids is 1. The van der Waals surface area contributed by atoms with E-state index < -0.39 is 0 Å². The number of hydrogen-bond donors (Lipinski definition) is 2. The number of phenolic OH excluding ortho intramolecular Hbond substituents is 1. The molecule has 4 nitrogen and oxygen atoms in total. The fourth-order valence-corrected chi connectivity index (χ4v) is 2.47. The number of hydrogen-bond acceptors (Lipinski definition) is 4. The van der Waals surface area contributed by atoms with Crippen molar-refractivity contribution in [3.05, 3.63) is 46.2 Å². The summed E-state index contributed by atoms with van der Waals surface area (Å²) in [5.41, 5.74) is 6.05. The number of para-hydroxylation sites is 1. The molecule has 19 heavy (non-hydrogen) atoms. The number of nitrogens with zero attached hydrogens (tertiary/aromatic N) is 1. The Balaban J connectivity index is 2.04. The number of phenols is 1. The maximum absolute atomic E-state index is 12.2. The minimum atomic E-state index is -0.221. The Hall–Kier alpha value is -2.01. The van der Waals surface area contributed by atoms with Crippen LogP contribution in [0.5, 0.6) is 5.75 Å². The summed E-state index contributed by atoms with van der Waals surface area (Å²) in [6.45, 7) is 0.605. The highest BCUT2D eigenvalue weighted by Gasteiger charge is 2.16. The number of amides is 1. The molecule has 1 amide bonds. The second-order valence-corrected chi connectivity index (χ2v) is 5.33. The lowest BCUT2D eigenvalue weighted by molar-refractivity contribution is 0.0794. The summed E-state index contributed by atoms with van der Waals surface area (Å²) >= 11 is 1.67. The van der Waals surface area contributed by atoms with Crippen LogP contribution in [-0.2, 0) is 6.42 Å². The molecule has 0 atom stereocenters. The Kier molecular flexibility index (Phi) is 4.06. The third-order valence-electron chi connectivity index (χ3n) is 2.92. The maximum atomic E-state index is 12.2. The first-order valence-electron chi connectivity index (χ1n) is 5.95. The van der Waals surface area contributed by atoms with Crippen molar-refractivity contribution in [2.45, 2.75) is 6.42 Å². The monoisotopic (exact) mass is 276 g/mol. The van der Waals surface area contributed by atoms with E-state index in [9.17, 15) is 9.90 Å². The predicted molar refractivity (Wildman–Crippen MR) is 77.5 cm³/mol. The molecule has 0 spiro atoms. The molecule has 1 aromatic heterocycles. The van der Waals surface area contributed by atoms with Gasteiger partial charge < -0.3 is 15.7 Å². The van der Waals surface area contributed by atoms with E-state index in [0.717, 1.165) is 6.42 Å². The molecule has 5 heteroatoms. The van der Waals surface area contributed by atoms with Gasteiger partial charge in [-0.05, 0) is 30.0 Å². The van der Waals surface area contributed by atoms with Gasteiger partial charge in [0.05, 0.1) is 11.3 Å². The average Bonchev–Trinajstić information content (AvgIpc) is 2.91. The predicted octanol–water partition coefficient (Wildman–Crippen LogP) is 2.35. The molecule has 0 radical (unpaired) electrons. The minimum Gasteiger partial charge on any atom is -0.505 e. The number of nitrogen functional groups attached to an aromatic ring is 1. The number of aromatic hydroxyl groups is 1. The van der Waals surface area contributed by atoms with Crippen LogP contribution in [0.15, 0.2) is 35.7 Å². The van der Waals surface area contributed by atoms with Gasteiger partial charge in [-0.25, -0.2) is 0 Å². The van der Waals surface area contributed by atoms with Crippen LogP contribution >= 0.6 is 11.3 Å². The van der Waals surface area contributed by atoms with Crippen molar-refractivity contribution in [1.82, 2.24) is 4.90 Å². The van der Waals surface area contributed by atoms with Crippen LogP contribution < -0.4 is 5.73 Å². The molecule has 0 aliphatic heterocycles. The average molecular weight is 276 g/mol. The second-order valence-electron chi connectivity index (χ2n) is 4.30. The molecule has 0 aliphatic carbocycles. The standard InChI is InChI=1S/C14H16N2O2S/c1-16(8-7-10-4-3-9-19-10)14(18)11-5-2-6-12(15)13(11)17/h2-6,9,17H,7-8,15H2,1H3. The first-order chi connectivity index (χ1) is 9.09. The first-order valence-corrected chi connectivity index (χ1v) is 6.83. The molecule has 0 saturated heterocycles. The van der Waals surface area contributed by atoms with Gasteiger partial charge in [-0.15, -0.1) is 11.3 Å².